The molecule has 10 heteroatoms. The van der Waals surface area contributed by atoms with E-state index >= 15 is 0 Å². The van der Waals surface area contributed by atoms with Crippen LogP contribution in [0.3, 0.4) is 0 Å². The SMILES string of the molecule is COC1=C(n2cnc(C)c2)C#C[C@H](c2nc3n(n2)CCC[C@H]3c2cc(C)ccc2C(F)(F)F)N1. The summed E-state index contributed by atoms with van der Waals surface area (Å²) in [6.07, 6.45) is 0.331. The molecule has 2 atom stereocenters. The minimum Gasteiger partial charge on any atom is -0.481 e. The predicted molar refractivity (Wildman–Crippen MR) is 118 cm³/mol. The van der Waals surface area contributed by atoms with Gasteiger partial charge in [0.25, 0.3) is 0 Å². The van der Waals surface area contributed by atoms with Crippen molar-refractivity contribution >= 4 is 5.70 Å². The van der Waals surface area contributed by atoms with E-state index in [0.717, 1.165) is 17.3 Å². The zero-order valence-electron chi connectivity index (χ0n) is 18.9. The number of allylic oxidation sites excluding steroid dienone is 1. The Morgan fingerprint density at radius 1 is 1.24 bits per heavy atom. The number of imidazole rings is 1. The molecule has 2 aliphatic rings. The van der Waals surface area contributed by atoms with Gasteiger partial charge in [-0.3, -0.25) is 4.57 Å². The maximum absolute atomic E-state index is 13.8. The van der Waals surface area contributed by atoms with Crippen molar-refractivity contribution in [1.29, 1.82) is 0 Å². The molecule has 7 nitrogen and oxygen atoms in total. The molecule has 0 unspecified atom stereocenters. The number of nitrogens with zero attached hydrogens (tertiary/aromatic N) is 5. The Morgan fingerprint density at radius 2 is 2.06 bits per heavy atom. The molecule has 0 amide bonds. The quantitative estimate of drug-likeness (QED) is 0.583. The van der Waals surface area contributed by atoms with Crippen LogP contribution in [0.1, 0.15) is 58.8 Å². The second kappa shape index (κ2) is 8.24. The highest BCUT2D eigenvalue weighted by Crippen LogP contribution is 2.41. The summed E-state index contributed by atoms with van der Waals surface area (Å²) in [4.78, 5) is 8.90. The van der Waals surface area contributed by atoms with Crippen molar-refractivity contribution in [2.75, 3.05) is 7.11 Å². The molecule has 0 aliphatic carbocycles. The highest BCUT2D eigenvalue weighted by atomic mass is 19.4. The van der Waals surface area contributed by atoms with Crippen molar-refractivity contribution in [2.24, 2.45) is 0 Å². The summed E-state index contributed by atoms with van der Waals surface area (Å²) in [5.41, 5.74) is 1.84. The number of halogens is 3. The maximum Gasteiger partial charge on any atom is 0.416 e. The van der Waals surface area contributed by atoms with E-state index in [2.05, 4.69) is 32.2 Å². The van der Waals surface area contributed by atoms with Crippen molar-refractivity contribution in [3.05, 3.63) is 70.6 Å². The molecule has 176 valence electrons. The smallest absolute Gasteiger partial charge is 0.416 e. The first kappa shape index (κ1) is 22.1. The average molecular weight is 468 g/mol. The van der Waals surface area contributed by atoms with E-state index in [-0.39, 0.29) is 5.56 Å². The number of aryl methyl sites for hydroxylation is 3. The van der Waals surface area contributed by atoms with Gasteiger partial charge in [-0.15, -0.1) is 0 Å². The number of alkyl halides is 3. The molecule has 34 heavy (non-hydrogen) atoms. The number of hydrogen-bond donors (Lipinski definition) is 1. The molecule has 3 aromatic rings. The molecule has 2 aromatic heterocycles. The fraction of sp³-hybridized carbons (Fsp3) is 0.375. The molecule has 0 fully saturated rings. The van der Waals surface area contributed by atoms with Crippen LogP contribution in [0, 0.1) is 25.7 Å². The summed E-state index contributed by atoms with van der Waals surface area (Å²) in [5, 5.41) is 7.80. The highest BCUT2D eigenvalue weighted by Gasteiger charge is 2.38. The van der Waals surface area contributed by atoms with Gasteiger partial charge in [-0.2, -0.15) is 18.3 Å². The molecule has 4 heterocycles. The fourth-order valence-electron chi connectivity index (χ4n) is 4.46. The summed E-state index contributed by atoms with van der Waals surface area (Å²) in [6, 6.07) is 3.71. The Morgan fingerprint density at radius 3 is 2.76 bits per heavy atom. The average Bonchev–Trinajstić information content (AvgIpc) is 3.43. The molecular formula is C24H23F3N6O. The van der Waals surface area contributed by atoms with Crippen molar-refractivity contribution in [2.45, 2.75) is 51.4 Å². The third-order valence-electron chi connectivity index (χ3n) is 6.04. The standard InChI is InChI=1S/C24H23F3N6O/c1-14-6-7-18(24(25,26)27)17(11-14)16-5-4-10-33-22(16)30-21(31-33)19-8-9-20(23(29-19)34-3)32-12-15(2)28-13-32/h6-7,11-13,16,19,29H,4-5,10H2,1-3H3/t16-,19+/m0/s1. The molecule has 5 rings (SSSR count). The second-order valence-electron chi connectivity index (χ2n) is 8.49. The third kappa shape index (κ3) is 3.91. The number of methoxy groups -OCH3 is 1. The molecule has 1 N–H and O–H groups in total. The van der Waals surface area contributed by atoms with E-state index < -0.39 is 23.7 Å². The number of ether oxygens (including phenoxy) is 1. The van der Waals surface area contributed by atoms with Gasteiger partial charge in [-0.05, 0) is 44.2 Å². The second-order valence-corrected chi connectivity index (χ2v) is 8.49. The number of hydrogen-bond acceptors (Lipinski definition) is 5. The van der Waals surface area contributed by atoms with Gasteiger partial charge in [0, 0.05) is 18.7 Å². The summed E-state index contributed by atoms with van der Waals surface area (Å²) in [6.45, 7) is 4.27. The van der Waals surface area contributed by atoms with Crippen LogP contribution in [-0.4, -0.2) is 31.4 Å². The van der Waals surface area contributed by atoms with Gasteiger partial charge in [0.05, 0.1) is 18.4 Å². The topological polar surface area (TPSA) is 69.8 Å². The fourth-order valence-corrected chi connectivity index (χ4v) is 4.46. The van der Waals surface area contributed by atoms with E-state index in [9.17, 15) is 13.2 Å². The lowest BCUT2D eigenvalue weighted by Gasteiger charge is -2.25. The number of aromatic nitrogens is 5. The summed E-state index contributed by atoms with van der Waals surface area (Å²) in [5.74, 6) is 7.07. The van der Waals surface area contributed by atoms with Crippen LogP contribution in [0.25, 0.3) is 5.70 Å². The Kier molecular flexibility index (Phi) is 5.35. The van der Waals surface area contributed by atoms with E-state index in [0.29, 0.717) is 42.6 Å². The zero-order valence-corrected chi connectivity index (χ0v) is 18.9. The van der Waals surface area contributed by atoms with Crippen LogP contribution < -0.4 is 5.32 Å². The van der Waals surface area contributed by atoms with Gasteiger partial charge < -0.3 is 10.1 Å². The Hall–Kier alpha value is -3.74. The molecule has 0 spiro atoms. The first-order valence-electron chi connectivity index (χ1n) is 10.9. The first-order valence-corrected chi connectivity index (χ1v) is 10.9. The number of fused-ring (bicyclic) bond motifs is 1. The molecule has 0 saturated heterocycles. The summed E-state index contributed by atoms with van der Waals surface area (Å²) < 4.78 is 50.3. The van der Waals surface area contributed by atoms with Crippen LogP contribution in [0.5, 0.6) is 0 Å². The minimum absolute atomic E-state index is 0.241. The van der Waals surface area contributed by atoms with Gasteiger partial charge in [0.1, 0.15) is 12.2 Å². The van der Waals surface area contributed by atoms with E-state index in [4.69, 9.17) is 4.74 Å². The molecule has 0 saturated carbocycles. The number of benzene rings is 1. The highest BCUT2D eigenvalue weighted by molar-refractivity contribution is 5.67. The first-order chi connectivity index (χ1) is 16.2. The molecule has 1 aromatic carbocycles. The Balaban J connectivity index is 1.50. The van der Waals surface area contributed by atoms with E-state index in [1.165, 1.54) is 13.2 Å². The van der Waals surface area contributed by atoms with Crippen molar-refractivity contribution < 1.29 is 17.9 Å². The lowest BCUT2D eigenvalue weighted by Crippen LogP contribution is -2.26. The van der Waals surface area contributed by atoms with Crippen LogP contribution in [0.15, 0.2) is 36.6 Å². The lowest BCUT2D eigenvalue weighted by atomic mass is 9.86. The van der Waals surface area contributed by atoms with Gasteiger partial charge in [-0.25, -0.2) is 14.6 Å². The molecule has 2 aliphatic heterocycles. The normalized spacial score (nSPS) is 19.8. The van der Waals surface area contributed by atoms with Gasteiger partial charge >= 0.3 is 6.18 Å². The molecule has 0 radical (unpaired) electrons. The molecular weight excluding hydrogens is 445 g/mol. The number of rotatable bonds is 4. The lowest BCUT2D eigenvalue weighted by molar-refractivity contribution is -0.138. The van der Waals surface area contributed by atoms with Crippen LogP contribution in [-0.2, 0) is 17.5 Å². The van der Waals surface area contributed by atoms with Gasteiger partial charge in [0.2, 0.25) is 5.88 Å². The van der Waals surface area contributed by atoms with Gasteiger partial charge in [-0.1, -0.05) is 23.6 Å². The number of nitrogens with one attached hydrogen (secondary N) is 1. The third-order valence-corrected chi connectivity index (χ3v) is 6.04. The van der Waals surface area contributed by atoms with Crippen LogP contribution >= 0.6 is 0 Å². The monoisotopic (exact) mass is 468 g/mol. The van der Waals surface area contributed by atoms with E-state index in [1.807, 2.05) is 13.1 Å². The Labute approximate surface area is 194 Å². The minimum atomic E-state index is -4.44. The van der Waals surface area contributed by atoms with Crippen LogP contribution in [0.2, 0.25) is 0 Å². The van der Waals surface area contributed by atoms with Crippen molar-refractivity contribution in [1.82, 2.24) is 29.6 Å². The summed E-state index contributed by atoms with van der Waals surface area (Å²) in [7, 11) is 1.54. The van der Waals surface area contributed by atoms with Crippen molar-refractivity contribution in [3.8, 4) is 11.8 Å². The van der Waals surface area contributed by atoms with Gasteiger partial charge in [0.15, 0.2) is 17.6 Å². The molecule has 0 bridgehead atoms. The van der Waals surface area contributed by atoms with E-state index in [1.54, 1.807) is 28.6 Å². The summed E-state index contributed by atoms with van der Waals surface area (Å²) >= 11 is 0. The van der Waals surface area contributed by atoms with Crippen molar-refractivity contribution in [3.63, 3.8) is 0 Å². The van der Waals surface area contributed by atoms with Crippen LogP contribution in [0.4, 0.5) is 13.2 Å². The predicted octanol–water partition coefficient (Wildman–Crippen LogP) is 4.16. The zero-order chi connectivity index (χ0) is 24.0. The Bertz CT molecular complexity index is 1340. The maximum atomic E-state index is 13.8. The largest absolute Gasteiger partial charge is 0.481 e.